The summed E-state index contributed by atoms with van der Waals surface area (Å²) in [6.45, 7) is 0.284. The second-order valence-corrected chi connectivity index (χ2v) is 5.22. The summed E-state index contributed by atoms with van der Waals surface area (Å²) in [5.74, 6) is -0.175. The van der Waals surface area contributed by atoms with Crippen molar-refractivity contribution in [2.24, 2.45) is 0 Å². The van der Waals surface area contributed by atoms with Crippen LogP contribution in [0.1, 0.15) is 24.8 Å². The molecule has 1 aromatic rings. The Kier molecular flexibility index (Phi) is 3.54. The van der Waals surface area contributed by atoms with Crippen molar-refractivity contribution in [3.8, 4) is 0 Å². The van der Waals surface area contributed by atoms with Crippen molar-refractivity contribution in [3.05, 3.63) is 47.5 Å². The molecule has 104 valence electrons. The van der Waals surface area contributed by atoms with E-state index in [1.54, 1.807) is 0 Å². The molecule has 1 heterocycles. The van der Waals surface area contributed by atoms with E-state index in [1.807, 2.05) is 36.4 Å². The Hall–Kier alpha value is -2.10. The first-order valence-electron chi connectivity index (χ1n) is 6.99. The van der Waals surface area contributed by atoms with Crippen molar-refractivity contribution < 1.29 is 14.3 Å². The van der Waals surface area contributed by atoms with E-state index in [0.29, 0.717) is 6.42 Å². The topological polar surface area (TPSA) is 46.6 Å². The van der Waals surface area contributed by atoms with Crippen LogP contribution in [0.4, 0.5) is 4.79 Å². The van der Waals surface area contributed by atoms with Gasteiger partial charge in [-0.05, 0) is 31.2 Å². The van der Waals surface area contributed by atoms with E-state index in [2.05, 4.69) is 0 Å². The highest BCUT2D eigenvalue weighted by Gasteiger charge is 2.39. The monoisotopic (exact) mass is 271 g/mol. The maximum atomic E-state index is 12.4. The molecule has 0 unspecified atom stereocenters. The molecule has 1 saturated heterocycles. The van der Waals surface area contributed by atoms with E-state index in [1.165, 1.54) is 4.90 Å². The highest BCUT2D eigenvalue weighted by molar-refractivity contribution is 6.03. The predicted molar refractivity (Wildman–Crippen MR) is 74.1 cm³/mol. The van der Waals surface area contributed by atoms with Gasteiger partial charge in [-0.2, -0.15) is 0 Å². The first-order chi connectivity index (χ1) is 9.75. The molecule has 4 heteroatoms. The van der Waals surface area contributed by atoms with Crippen LogP contribution in [0.2, 0.25) is 0 Å². The number of amides is 2. The molecule has 1 aliphatic carbocycles. The Morgan fingerprint density at radius 2 is 2.10 bits per heavy atom. The normalized spacial score (nSPS) is 21.8. The maximum absolute atomic E-state index is 12.4. The Bertz CT molecular complexity index is 550. The van der Waals surface area contributed by atoms with Crippen LogP contribution in [0.3, 0.4) is 0 Å². The van der Waals surface area contributed by atoms with Crippen molar-refractivity contribution >= 4 is 12.0 Å². The van der Waals surface area contributed by atoms with E-state index in [9.17, 15) is 9.59 Å². The highest BCUT2D eigenvalue weighted by atomic mass is 16.6. The molecule has 0 aromatic heterocycles. The lowest BCUT2D eigenvalue weighted by atomic mass is 10.1. The third-order valence-corrected chi connectivity index (χ3v) is 3.81. The Balaban J connectivity index is 1.76. The molecule has 2 aliphatic rings. The number of carbonyl (C=O) groups excluding carboxylic acids is 2. The van der Waals surface area contributed by atoms with Gasteiger partial charge in [0.2, 0.25) is 0 Å². The molecular weight excluding hydrogens is 254 g/mol. The van der Waals surface area contributed by atoms with Crippen molar-refractivity contribution in [2.45, 2.75) is 31.7 Å². The van der Waals surface area contributed by atoms with Gasteiger partial charge in [0.05, 0.1) is 6.04 Å². The van der Waals surface area contributed by atoms with Gasteiger partial charge in [0.15, 0.2) is 0 Å². The molecule has 20 heavy (non-hydrogen) atoms. The van der Waals surface area contributed by atoms with Crippen LogP contribution in [0.5, 0.6) is 0 Å². The lowest BCUT2D eigenvalue weighted by Crippen LogP contribution is -2.40. The Morgan fingerprint density at radius 1 is 1.30 bits per heavy atom. The zero-order valence-electron chi connectivity index (χ0n) is 11.2. The summed E-state index contributed by atoms with van der Waals surface area (Å²) in [5.41, 5.74) is 1.86. The van der Waals surface area contributed by atoms with Crippen LogP contribution < -0.4 is 0 Å². The molecule has 4 nitrogen and oxygen atoms in total. The molecule has 0 radical (unpaired) electrons. The summed E-state index contributed by atoms with van der Waals surface area (Å²) in [4.78, 5) is 25.5. The summed E-state index contributed by atoms with van der Waals surface area (Å²) in [6, 6.07) is 9.67. The van der Waals surface area contributed by atoms with Crippen LogP contribution in [0.15, 0.2) is 42.0 Å². The van der Waals surface area contributed by atoms with E-state index in [4.69, 9.17) is 4.74 Å². The quantitative estimate of drug-likeness (QED) is 0.849. The smallest absolute Gasteiger partial charge is 0.417 e. The zero-order chi connectivity index (χ0) is 13.9. The highest BCUT2D eigenvalue weighted by Crippen LogP contribution is 2.25. The van der Waals surface area contributed by atoms with Crippen LogP contribution in [-0.2, 0) is 16.0 Å². The van der Waals surface area contributed by atoms with Gasteiger partial charge in [0, 0.05) is 5.57 Å². The summed E-state index contributed by atoms with van der Waals surface area (Å²) in [5, 5.41) is 0. The van der Waals surface area contributed by atoms with Crippen molar-refractivity contribution in [3.63, 3.8) is 0 Å². The third kappa shape index (κ3) is 2.46. The minimum Gasteiger partial charge on any atom is -0.447 e. The first-order valence-corrected chi connectivity index (χ1v) is 6.99. The Morgan fingerprint density at radius 3 is 2.80 bits per heavy atom. The van der Waals surface area contributed by atoms with Crippen molar-refractivity contribution in [1.82, 2.24) is 4.90 Å². The summed E-state index contributed by atoms with van der Waals surface area (Å²) < 4.78 is 5.07. The summed E-state index contributed by atoms with van der Waals surface area (Å²) in [6.07, 6.45) is 4.75. The van der Waals surface area contributed by atoms with Gasteiger partial charge in [0.25, 0.3) is 5.91 Å². The van der Waals surface area contributed by atoms with Crippen LogP contribution in [0, 0.1) is 0 Å². The number of ether oxygens (including phenoxy) is 1. The lowest BCUT2D eigenvalue weighted by Gasteiger charge is -2.20. The average Bonchev–Trinajstić information content (AvgIpc) is 3.10. The van der Waals surface area contributed by atoms with E-state index >= 15 is 0 Å². The maximum Gasteiger partial charge on any atom is 0.417 e. The fourth-order valence-corrected chi connectivity index (χ4v) is 2.77. The SMILES string of the molecule is O=C1OC[C@H](Cc2ccccc2)N1C(=O)C1=CCCC1. The fourth-order valence-electron chi connectivity index (χ4n) is 2.77. The van der Waals surface area contributed by atoms with Gasteiger partial charge in [-0.15, -0.1) is 0 Å². The number of rotatable bonds is 3. The van der Waals surface area contributed by atoms with Gasteiger partial charge in [-0.3, -0.25) is 4.79 Å². The minimum absolute atomic E-state index is 0.175. The van der Waals surface area contributed by atoms with E-state index in [0.717, 1.165) is 30.4 Å². The molecule has 1 atom stereocenters. The van der Waals surface area contributed by atoms with Crippen LogP contribution >= 0.6 is 0 Å². The minimum atomic E-state index is -0.510. The number of benzene rings is 1. The molecule has 0 N–H and O–H groups in total. The summed E-state index contributed by atoms with van der Waals surface area (Å²) >= 11 is 0. The first kappa shape index (κ1) is 12.9. The second kappa shape index (κ2) is 5.49. The number of allylic oxidation sites excluding steroid dienone is 1. The van der Waals surface area contributed by atoms with Gasteiger partial charge < -0.3 is 4.74 Å². The number of hydrogen-bond donors (Lipinski definition) is 0. The van der Waals surface area contributed by atoms with Gasteiger partial charge >= 0.3 is 6.09 Å². The van der Waals surface area contributed by atoms with Gasteiger partial charge in [-0.25, -0.2) is 9.69 Å². The van der Waals surface area contributed by atoms with Crippen LogP contribution in [-0.4, -0.2) is 29.5 Å². The number of nitrogens with zero attached hydrogens (tertiary/aromatic N) is 1. The number of hydrogen-bond acceptors (Lipinski definition) is 3. The summed E-state index contributed by atoms with van der Waals surface area (Å²) in [7, 11) is 0. The molecule has 1 fully saturated rings. The molecule has 1 aliphatic heterocycles. The molecule has 3 rings (SSSR count). The van der Waals surface area contributed by atoms with Crippen molar-refractivity contribution in [2.75, 3.05) is 6.61 Å². The molecular formula is C16H17NO3. The van der Waals surface area contributed by atoms with Gasteiger partial charge in [-0.1, -0.05) is 36.4 Å². The lowest BCUT2D eigenvalue weighted by molar-refractivity contribution is -0.125. The van der Waals surface area contributed by atoms with Gasteiger partial charge in [0.1, 0.15) is 6.61 Å². The molecule has 1 aromatic carbocycles. The number of cyclic esters (lactones) is 1. The number of carbonyl (C=O) groups is 2. The molecule has 2 amide bonds. The molecule has 0 saturated carbocycles. The van der Waals surface area contributed by atoms with E-state index in [-0.39, 0.29) is 18.6 Å². The fraction of sp³-hybridized carbons (Fsp3) is 0.375. The van der Waals surface area contributed by atoms with Crippen molar-refractivity contribution in [1.29, 1.82) is 0 Å². The largest absolute Gasteiger partial charge is 0.447 e. The standard InChI is InChI=1S/C16H17NO3/c18-15(13-8-4-5-9-13)17-14(11-20-16(17)19)10-12-6-2-1-3-7-12/h1-3,6-8,14H,4-5,9-11H2/t14-/m0/s1. The predicted octanol–water partition coefficient (Wildman–Crippen LogP) is 2.69. The molecule has 0 bridgehead atoms. The third-order valence-electron chi connectivity index (χ3n) is 3.81. The molecule has 0 spiro atoms. The van der Waals surface area contributed by atoms with E-state index < -0.39 is 6.09 Å². The number of imide groups is 1. The second-order valence-electron chi connectivity index (χ2n) is 5.22. The Labute approximate surface area is 118 Å². The average molecular weight is 271 g/mol. The van der Waals surface area contributed by atoms with Crippen LogP contribution in [0.25, 0.3) is 0 Å². The zero-order valence-corrected chi connectivity index (χ0v) is 11.2.